The number of carbonyl (C=O) groups excluding carboxylic acids is 2. The Balaban J connectivity index is 1.49. The Morgan fingerprint density at radius 3 is 1.26 bits per heavy atom. The van der Waals surface area contributed by atoms with Gasteiger partial charge in [0.15, 0.2) is 0 Å². The van der Waals surface area contributed by atoms with Crippen LogP contribution in [0.1, 0.15) is 107 Å². The quantitative estimate of drug-likeness (QED) is 0.0763. The van der Waals surface area contributed by atoms with E-state index in [9.17, 15) is 9.59 Å². The normalized spacial score (nSPS) is 14.0. The summed E-state index contributed by atoms with van der Waals surface area (Å²) in [5.74, 6) is 1.18. The first-order chi connectivity index (χ1) is 23.1. The van der Waals surface area contributed by atoms with E-state index in [1.165, 1.54) is 0 Å². The van der Waals surface area contributed by atoms with Crippen LogP contribution in [0.2, 0.25) is 0 Å². The van der Waals surface area contributed by atoms with Gasteiger partial charge in [0, 0.05) is 6.04 Å². The summed E-state index contributed by atoms with van der Waals surface area (Å²) in [6, 6.07) is 16.2. The molecule has 0 saturated carbocycles. The zero-order chi connectivity index (χ0) is 37.2. The number of amides is 2. The lowest BCUT2D eigenvalue weighted by atomic mass is 9.85. The number of thiol groups is 1. The van der Waals surface area contributed by atoms with Crippen molar-refractivity contribution in [2.45, 2.75) is 112 Å². The number of imidazole rings is 2. The molecule has 4 aromatic rings. The van der Waals surface area contributed by atoms with Gasteiger partial charge in [-0.05, 0) is 74.6 Å². The summed E-state index contributed by atoms with van der Waals surface area (Å²) >= 11 is 4.12. The molecule has 0 radical (unpaired) electrons. The molecule has 0 unspecified atom stereocenters. The number of benzene rings is 2. The van der Waals surface area contributed by atoms with Gasteiger partial charge in [-0.15, -0.1) is 0 Å². The summed E-state index contributed by atoms with van der Waals surface area (Å²) in [5, 5.41) is 9.72. The molecular formula is C39H56N8O2S. The molecule has 0 spiro atoms. The molecule has 11 heteroatoms. The van der Waals surface area contributed by atoms with E-state index in [4.69, 9.17) is 4.98 Å². The van der Waals surface area contributed by atoms with E-state index in [2.05, 4.69) is 139 Å². The Hall–Kier alpha value is -3.93. The van der Waals surface area contributed by atoms with Gasteiger partial charge in [0.2, 0.25) is 11.8 Å². The molecule has 270 valence electrons. The fraction of sp³-hybridized carbons (Fsp3) is 0.487. The summed E-state index contributed by atoms with van der Waals surface area (Å²) in [5.41, 5.74) is 3.81. The van der Waals surface area contributed by atoms with Gasteiger partial charge in [0.25, 0.3) is 0 Å². The van der Waals surface area contributed by atoms with Crippen molar-refractivity contribution in [3.63, 3.8) is 0 Å². The molecule has 2 heterocycles. The molecule has 0 fully saturated rings. The molecule has 0 aliphatic carbocycles. The van der Waals surface area contributed by atoms with Crippen LogP contribution in [-0.4, -0.2) is 48.9 Å². The fourth-order valence-corrected chi connectivity index (χ4v) is 5.90. The van der Waals surface area contributed by atoms with Gasteiger partial charge < -0.3 is 25.9 Å². The summed E-state index contributed by atoms with van der Waals surface area (Å²) in [4.78, 5) is 42.5. The summed E-state index contributed by atoms with van der Waals surface area (Å²) in [7, 11) is 0. The second kappa shape index (κ2) is 14.7. The average Bonchev–Trinajstić information content (AvgIpc) is 3.71. The highest BCUT2D eigenvalue weighted by atomic mass is 32.1. The van der Waals surface area contributed by atoms with E-state index in [1.807, 2.05) is 40.1 Å². The van der Waals surface area contributed by atoms with Gasteiger partial charge in [0.1, 0.15) is 17.2 Å². The Morgan fingerprint density at radius 2 is 0.940 bits per heavy atom. The minimum atomic E-state index is -0.839. The number of rotatable bonds is 12. The molecule has 6 N–H and O–H groups in total. The number of aromatic amines is 2. The number of aromatic nitrogens is 4. The number of H-pyrrole nitrogens is 2. The van der Waals surface area contributed by atoms with E-state index in [1.54, 1.807) is 13.8 Å². The zero-order valence-corrected chi connectivity index (χ0v) is 32.6. The van der Waals surface area contributed by atoms with E-state index in [-0.39, 0.29) is 40.8 Å². The van der Waals surface area contributed by atoms with Gasteiger partial charge in [-0.25, -0.2) is 9.97 Å². The molecule has 2 aromatic heterocycles. The van der Waals surface area contributed by atoms with Crippen LogP contribution in [0.25, 0.3) is 33.6 Å². The lowest BCUT2D eigenvalue weighted by Gasteiger charge is -2.34. The maximum Gasteiger partial charge on any atom is 0.241 e. The third-order valence-corrected chi connectivity index (χ3v) is 9.37. The van der Waals surface area contributed by atoms with Crippen molar-refractivity contribution in [3.05, 3.63) is 72.6 Å². The topological polar surface area (TPSA) is 140 Å². The third-order valence-electron chi connectivity index (χ3n) is 8.81. The Bertz CT molecular complexity index is 1760. The molecule has 2 aromatic carbocycles. The maximum atomic E-state index is 13.3. The minimum Gasteiger partial charge on any atom is -0.344 e. The van der Waals surface area contributed by atoms with Gasteiger partial charge >= 0.3 is 0 Å². The highest BCUT2D eigenvalue weighted by Crippen LogP contribution is 2.35. The molecular weight excluding hydrogens is 645 g/mol. The maximum absolute atomic E-state index is 13.3. The Labute approximate surface area is 303 Å². The first kappa shape index (κ1) is 38.9. The van der Waals surface area contributed by atoms with Crippen molar-refractivity contribution < 1.29 is 9.59 Å². The molecule has 50 heavy (non-hydrogen) atoms. The van der Waals surface area contributed by atoms with Crippen molar-refractivity contribution in [1.82, 2.24) is 40.6 Å². The van der Waals surface area contributed by atoms with Crippen molar-refractivity contribution in [1.29, 1.82) is 0 Å². The molecule has 4 rings (SSSR count). The van der Waals surface area contributed by atoms with E-state index in [0.29, 0.717) is 5.82 Å². The second-order valence-electron chi connectivity index (χ2n) is 16.7. The van der Waals surface area contributed by atoms with E-state index >= 15 is 0 Å². The third kappa shape index (κ3) is 9.24. The first-order valence-corrected chi connectivity index (χ1v) is 17.7. The van der Waals surface area contributed by atoms with Crippen LogP contribution in [0.5, 0.6) is 0 Å². The van der Waals surface area contributed by atoms with Gasteiger partial charge in [-0.3, -0.25) is 14.3 Å². The molecule has 0 aliphatic heterocycles. The minimum absolute atomic E-state index is 0.0724. The van der Waals surface area contributed by atoms with Crippen molar-refractivity contribution in [3.8, 4) is 33.6 Å². The van der Waals surface area contributed by atoms with Crippen molar-refractivity contribution >= 4 is 24.6 Å². The highest BCUT2D eigenvalue weighted by Gasteiger charge is 2.37. The van der Waals surface area contributed by atoms with Gasteiger partial charge in [0.05, 0.1) is 41.4 Å². The largest absolute Gasteiger partial charge is 0.344 e. The lowest BCUT2D eigenvalue weighted by molar-refractivity contribution is -0.128. The van der Waals surface area contributed by atoms with Crippen LogP contribution in [0.15, 0.2) is 60.9 Å². The van der Waals surface area contributed by atoms with Crippen LogP contribution in [0.4, 0.5) is 0 Å². The number of nitrogens with one attached hydrogen (secondary N) is 6. The average molecular weight is 701 g/mol. The molecule has 0 bridgehead atoms. The smallest absolute Gasteiger partial charge is 0.241 e. The lowest BCUT2D eigenvalue weighted by Crippen LogP contribution is -2.56. The summed E-state index contributed by atoms with van der Waals surface area (Å²) in [6.07, 6.45) is 3.64. The number of hydrogen-bond acceptors (Lipinski definition) is 7. The van der Waals surface area contributed by atoms with Gasteiger partial charge in [-0.1, -0.05) is 103 Å². The van der Waals surface area contributed by atoms with Crippen LogP contribution in [0.3, 0.4) is 0 Å². The number of nitrogens with zero attached hydrogens (tertiary/aromatic N) is 2. The van der Waals surface area contributed by atoms with Crippen LogP contribution >= 0.6 is 12.8 Å². The highest BCUT2D eigenvalue weighted by molar-refractivity contribution is 7.78. The molecule has 0 aliphatic rings. The monoisotopic (exact) mass is 700 g/mol. The Kier molecular flexibility index (Phi) is 11.5. The van der Waals surface area contributed by atoms with Crippen LogP contribution < -0.4 is 20.7 Å². The van der Waals surface area contributed by atoms with E-state index < -0.39 is 11.1 Å². The predicted molar refractivity (Wildman–Crippen MR) is 206 cm³/mol. The van der Waals surface area contributed by atoms with E-state index in [0.717, 1.165) is 39.5 Å². The van der Waals surface area contributed by atoms with Crippen LogP contribution in [-0.2, 0) is 9.59 Å². The summed E-state index contributed by atoms with van der Waals surface area (Å²) < 4.78 is 2.77. The van der Waals surface area contributed by atoms with Crippen molar-refractivity contribution in [2.75, 3.05) is 0 Å². The number of carbonyl (C=O) groups is 2. The first-order valence-electron chi connectivity index (χ1n) is 17.2. The fourth-order valence-electron chi connectivity index (χ4n) is 5.80. The molecule has 10 nitrogen and oxygen atoms in total. The SMILES string of the molecule is CC(C)NC(C)(C)C(=O)N[C@H](c1ncc(-c2ccc(-c3ccc(-c4cnc([C@@H](NC(=O)C(C)(C)NS)C(C)(C)C)[nH]4)cc3)cc2)[nH]1)C(C)(C)C. The molecule has 0 saturated heterocycles. The van der Waals surface area contributed by atoms with Gasteiger partial charge in [-0.2, -0.15) is 0 Å². The molecule has 2 amide bonds. The zero-order valence-electron chi connectivity index (χ0n) is 31.7. The number of hydrogen-bond donors (Lipinski definition) is 7. The summed E-state index contributed by atoms with van der Waals surface area (Å²) in [6.45, 7) is 23.9. The molecule has 2 atom stereocenters. The second-order valence-corrected chi connectivity index (χ2v) is 16.9. The Morgan fingerprint density at radius 1 is 0.600 bits per heavy atom. The van der Waals surface area contributed by atoms with Crippen molar-refractivity contribution in [2.24, 2.45) is 10.8 Å². The van der Waals surface area contributed by atoms with Crippen LogP contribution in [0, 0.1) is 10.8 Å². The predicted octanol–water partition coefficient (Wildman–Crippen LogP) is 7.53. The standard InChI is InChI=1S/C39H56N8O2S/c1-23(2)46-38(9,10)34(48)44-30(36(3,4)5)32-40-21-28(42-32)26-17-13-24(14-18-26)25-15-19-27(20-16-25)29-22-41-33(43-29)31(37(6,7)8)45-35(49)39(11,12)47-50/h13-23,30-31,46-47,50H,1-12H3,(H,40,42)(H,41,43)(H,44,48)(H,45,49)/t30-,31-/m1/s1.